The van der Waals surface area contributed by atoms with Gasteiger partial charge in [-0.15, -0.1) is 0 Å². The van der Waals surface area contributed by atoms with E-state index in [2.05, 4.69) is 17.6 Å². The van der Waals surface area contributed by atoms with Gasteiger partial charge in [0.2, 0.25) is 5.91 Å². The number of nitrogens with one attached hydrogen (secondary N) is 2. The average Bonchev–Trinajstić information content (AvgIpc) is 2.42. The lowest BCUT2D eigenvalue weighted by Crippen LogP contribution is -2.43. The summed E-state index contributed by atoms with van der Waals surface area (Å²) in [5, 5.41) is 6.21. The van der Waals surface area contributed by atoms with Crippen LogP contribution in [0.4, 0.5) is 0 Å². The molecular weight excluding hydrogens is 164 g/mol. The topological polar surface area (TPSA) is 41.1 Å². The van der Waals surface area contributed by atoms with Crippen molar-refractivity contribution in [3.8, 4) is 0 Å². The molecule has 0 spiro atoms. The minimum atomic E-state index is 0.0639. The fourth-order valence-corrected chi connectivity index (χ4v) is 1.62. The maximum absolute atomic E-state index is 11.5. The van der Waals surface area contributed by atoms with Gasteiger partial charge in [-0.3, -0.25) is 4.79 Å². The van der Waals surface area contributed by atoms with Crippen molar-refractivity contribution in [2.45, 2.75) is 45.1 Å². The molecule has 1 rings (SSSR count). The smallest absolute Gasteiger partial charge is 0.237 e. The van der Waals surface area contributed by atoms with E-state index in [0.29, 0.717) is 0 Å². The first-order valence-electron chi connectivity index (χ1n) is 5.35. The highest BCUT2D eigenvalue weighted by Crippen LogP contribution is 2.08. The third-order valence-electron chi connectivity index (χ3n) is 2.43. The molecule has 0 aromatic heterocycles. The normalized spacial score (nSPS) is 23.6. The molecule has 1 amide bonds. The van der Waals surface area contributed by atoms with Crippen molar-refractivity contribution in [1.82, 2.24) is 10.6 Å². The lowest BCUT2D eigenvalue weighted by atomic mass is 10.1. The molecule has 1 saturated heterocycles. The van der Waals surface area contributed by atoms with E-state index in [-0.39, 0.29) is 11.9 Å². The molecule has 1 aliphatic heterocycles. The van der Waals surface area contributed by atoms with Crippen molar-refractivity contribution < 1.29 is 4.79 Å². The van der Waals surface area contributed by atoms with E-state index in [9.17, 15) is 4.79 Å². The Morgan fingerprint density at radius 2 is 2.31 bits per heavy atom. The van der Waals surface area contributed by atoms with Crippen LogP contribution >= 0.6 is 0 Å². The number of hydrogen-bond donors (Lipinski definition) is 2. The molecule has 0 aromatic carbocycles. The first-order valence-corrected chi connectivity index (χ1v) is 5.35. The number of hydrogen-bond acceptors (Lipinski definition) is 2. The van der Waals surface area contributed by atoms with Crippen molar-refractivity contribution in [1.29, 1.82) is 0 Å². The molecular formula is C10H20N2O. The van der Waals surface area contributed by atoms with E-state index in [1.54, 1.807) is 0 Å². The lowest BCUT2D eigenvalue weighted by molar-refractivity contribution is -0.123. The zero-order chi connectivity index (χ0) is 9.52. The molecule has 0 bridgehead atoms. The summed E-state index contributed by atoms with van der Waals surface area (Å²) in [4.78, 5) is 11.5. The van der Waals surface area contributed by atoms with Gasteiger partial charge in [-0.25, -0.2) is 0 Å². The second-order valence-corrected chi connectivity index (χ2v) is 3.65. The fraction of sp³-hybridized carbons (Fsp3) is 0.900. The Hall–Kier alpha value is -0.570. The van der Waals surface area contributed by atoms with Gasteiger partial charge in [0, 0.05) is 6.54 Å². The van der Waals surface area contributed by atoms with Gasteiger partial charge < -0.3 is 10.6 Å². The highest BCUT2D eigenvalue weighted by Gasteiger charge is 2.18. The zero-order valence-corrected chi connectivity index (χ0v) is 8.44. The van der Waals surface area contributed by atoms with Crippen LogP contribution in [0.1, 0.15) is 39.0 Å². The van der Waals surface area contributed by atoms with Gasteiger partial charge >= 0.3 is 0 Å². The molecule has 0 saturated carbocycles. The van der Waals surface area contributed by atoms with E-state index in [4.69, 9.17) is 0 Å². The summed E-state index contributed by atoms with van der Waals surface area (Å²) in [5.74, 6) is 0.184. The largest absolute Gasteiger partial charge is 0.355 e. The summed E-state index contributed by atoms with van der Waals surface area (Å²) in [7, 11) is 0. The molecule has 1 aliphatic rings. The molecule has 3 nitrogen and oxygen atoms in total. The molecule has 1 fully saturated rings. The second-order valence-electron chi connectivity index (χ2n) is 3.65. The summed E-state index contributed by atoms with van der Waals surface area (Å²) in [6.07, 6.45) is 5.65. The van der Waals surface area contributed by atoms with E-state index in [1.807, 2.05) is 0 Å². The summed E-state index contributed by atoms with van der Waals surface area (Å²) < 4.78 is 0. The summed E-state index contributed by atoms with van der Waals surface area (Å²) >= 11 is 0. The van der Waals surface area contributed by atoms with Crippen LogP contribution in [-0.4, -0.2) is 25.0 Å². The average molecular weight is 184 g/mol. The van der Waals surface area contributed by atoms with Crippen LogP contribution in [-0.2, 0) is 4.79 Å². The first kappa shape index (κ1) is 10.5. The predicted octanol–water partition coefficient (Wildman–Crippen LogP) is 1.04. The van der Waals surface area contributed by atoms with Gasteiger partial charge in [-0.05, 0) is 25.8 Å². The van der Waals surface area contributed by atoms with Gasteiger partial charge in [0.15, 0.2) is 0 Å². The Labute approximate surface area is 80.3 Å². The predicted molar refractivity (Wildman–Crippen MR) is 53.6 cm³/mol. The maximum atomic E-state index is 11.5. The van der Waals surface area contributed by atoms with Crippen LogP contribution in [0, 0.1) is 0 Å². The lowest BCUT2D eigenvalue weighted by Gasteiger charge is -2.14. The van der Waals surface area contributed by atoms with E-state index < -0.39 is 0 Å². The number of amides is 1. The van der Waals surface area contributed by atoms with Gasteiger partial charge in [0.25, 0.3) is 0 Å². The van der Waals surface area contributed by atoms with Crippen molar-refractivity contribution in [2.24, 2.45) is 0 Å². The second kappa shape index (κ2) is 5.97. The number of carbonyl (C=O) groups is 1. The van der Waals surface area contributed by atoms with Crippen LogP contribution in [0.5, 0.6) is 0 Å². The number of carbonyl (C=O) groups excluding carboxylic acids is 1. The van der Waals surface area contributed by atoms with Gasteiger partial charge in [0.1, 0.15) is 0 Å². The third kappa shape index (κ3) is 3.77. The Kier molecular flexibility index (Phi) is 4.83. The van der Waals surface area contributed by atoms with Crippen LogP contribution < -0.4 is 10.6 Å². The zero-order valence-electron chi connectivity index (χ0n) is 8.44. The summed E-state index contributed by atoms with van der Waals surface area (Å²) in [6, 6.07) is 0.0639. The quantitative estimate of drug-likeness (QED) is 0.688. The monoisotopic (exact) mass is 184 g/mol. The van der Waals surface area contributed by atoms with Gasteiger partial charge in [-0.2, -0.15) is 0 Å². The molecule has 0 radical (unpaired) electrons. The van der Waals surface area contributed by atoms with Crippen molar-refractivity contribution in [2.75, 3.05) is 13.1 Å². The molecule has 76 valence electrons. The summed E-state index contributed by atoms with van der Waals surface area (Å²) in [5.41, 5.74) is 0. The Balaban J connectivity index is 2.26. The van der Waals surface area contributed by atoms with Crippen molar-refractivity contribution in [3.05, 3.63) is 0 Å². The molecule has 2 N–H and O–H groups in total. The van der Waals surface area contributed by atoms with Crippen LogP contribution in [0.3, 0.4) is 0 Å². The minimum absolute atomic E-state index is 0.0639. The molecule has 1 atom stereocenters. The van der Waals surface area contributed by atoms with Crippen LogP contribution in [0.2, 0.25) is 0 Å². The van der Waals surface area contributed by atoms with Gasteiger partial charge in [0.05, 0.1) is 6.04 Å². The van der Waals surface area contributed by atoms with Crippen LogP contribution in [0.25, 0.3) is 0 Å². The highest BCUT2D eigenvalue weighted by atomic mass is 16.2. The SMILES string of the molecule is CCCNC(=O)C1CCCCCN1. The fourth-order valence-electron chi connectivity index (χ4n) is 1.62. The first-order chi connectivity index (χ1) is 6.34. The van der Waals surface area contributed by atoms with Crippen LogP contribution in [0.15, 0.2) is 0 Å². The maximum Gasteiger partial charge on any atom is 0.237 e. The molecule has 1 unspecified atom stereocenters. The van der Waals surface area contributed by atoms with Crippen molar-refractivity contribution >= 4 is 5.91 Å². The Morgan fingerprint density at radius 1 is 1.46 bits per heavy atom. The molecule has 1 heterocycles. The van der Waals surface area contributed by atoms with E-state index in [0.717, 1.165) is 25.9 Å². The molecule has 0 aromatic rings. The minimum Gasteiger partial charge on any atom is -0.355 e. The standard InChI is InChI=1S/C10H20N2O/c1-2-7-12-10(13)9-6-4-3-5-8-11-9/h9,11H,2-8H2,1H3,(H,12,13). The Morgan fingerprint density at radius 3 is 3.08 bits per heavy atom. The van der Waals surface area contributed by atoms with Gasteiger partial charge in [-0.1, -0.05) is 19.8 Å². The molecule has 0 aliphatic carbocycles. The van der Waals surface area contributed by atoms with E-state index >= 15 is 0 Å². The molecule has 3 heteroatoms. The Bertz CT molecular complexity index is 151. The highest BCUT2D eigenvalue weighted by molar-refractivity contribution is 5.81. The molecule has 13 heavy (non-hydrogen) atoms. The third-order valence-corrected chi connectivity index (χ3v) is 2.43. The number of rotatable bonds is 3. The van der Waals surface area contributed by atoms with E-state index in [1.165, 1.54) is 19.3 Å². The summed E-state index contributed by atoms with van der Waals surface area (Å²) in [6.45, 7) is 3.86. The van der Waals surface area contributed by atoms with Crippen molar-refractivity contribution in [3.63, 3.8) is 0 Å².